The molecule has 0 saturated carbocycles. The van der Waals surface area contributed by atoms with Crippen LogP contribution in [0.15, 0.2) is 30.3 Å². The van der Waals surface area contributed by atoms with Gasteiger partial charge in [0, 0.05) is 0 Å². The van der Waals surface area contributed by atoms with Crippen LogP contribution in [0.1, 0.15) is 45.6 Å². The van der Waals surface area contributed by atoms with E-state index in [0.717, 1.165) is 4.90 Å². The molecule has 1 aromatic rings. The van der Waals surface area contributed by atoms with E-state index in [0.29, 0.717) is 24.8 Å². The Labute approximate surface area is 171 Å². The third-order valence-corrected chi connectivity index (χ3v) is 4.90. The molecule has 8 nitrogen and oxygen atoms in total. The van der Waals surface area contributed by atoms with Crippen LogP contribution in [0.3, 0.4) is 0 Å². The smallest absolute Gasteiger partial charge is 0.328 e. The number of esters is 1. The predicted molar refractivity (Wildman–Crippen MR) is 107 cm³/mol. The number of benzene rings is 1. The molecule has 2 atom stereocenters. The molecule has 0 radical (unpaired) electrons. The molecule has 4 amide bonds. The molecule has 0 aliphatic carbocycles. The number of urea groups is 1. The van der Waals surface area contributed by atoms with Crippen molar-refractivity contribution >= 4 is 23.8 Å². The van der Waals surface area contributed by atoms with E-state index in [1.54, 1.807) is 24.3 Å². The number of carbonyl (C=O) groups excluding carboxylic acids is 4. The van der Waals surface area contributed by atoms with E-state index in [4.69, 9.17) is 4.74 Å². The van der Waals surface area contributed by atoms with Crippen molar-refractivity contribution in [3.8, 4) is 0 Å². The van der Waals surface area contributed by atoms with Crippen LogP contribution in [0.5, 0.6) is 0 Å². The van der Waals surface area contributed by atoms with E-state index >= 15 is 0 Å². The van der Waals surface area contributed by atoms with Crippen molar-refractivity contribution in [2.45, 2.75) is 51.6 Å². The van der Waals surface area contributed by atoms with Crippen LogP contribution in [0.2, 0.25) is 0 Å². The minimum Gasteiger partial charge on any atom is -0.467 e. The Morgan fingerprint density at radius 1 is 1.21 bits per heavy atom. The predicted octanol–water partition coefficient (Wildman–Crippen LogP) is 1.94. The summed E-state index contributed by atoms with van der Waals surface area (Å²) in [6.45, 7) is 5.29. The molecule has 0 spiro atoms. The van der Waals surface area contributed by atoms with Crippen molar-refractivity contribution in [2.75, 3.05) is 13.7 Å². The number of imide groups is 1. The Bertz CT molecular complexity index is 765. The lowest BCUT2D eigenvalue weighted by Gasteiger charge is -2.27. The Morgan fingerprint density at radius 3 is 2.41 bits per heavy atom. The zero-order valence-corrected chi connectivity index (χ0v) is 17.4. The van der Waals surface area contributed by atoms with Crippen LogP contribution in [-0.2, 0) is 24.7 Å². The summed E-state index contributed by atoms with van der Waals surface area (Å²) >= 11 is 0. The van der Waals surface area contributed by atoms with Crippen LogP contribution in [0.4, 0.5) is 4.79 Å². The first-order valence-electron chi connectivity index (χ1n) is 9.82. The summed E-state index contributed by atoms with van der Waals surface area (Å²) in [5.41, 5.74) is -0.511. The monoisotopic (exact) mass is 403 g/mol. The van der Waals surface area contributed by atoms with Crippen molar-refractivity contribution in [2.24, 2.45) is 5.92 Å². The van der Waals surface area contributed by atoms with E-state index in [-0.39, 0.29) is 5.92 Å². The molecule has 0 bridgehead atoms. The van der Waals surface area contributed by atoms with Crippen LogP contribution in [-0.4, -0.2) is 48.4 Å². The third-order valence-electron chi connectivity index (χ3n) is 4.90. The maximum atomic E-state index is 13.2. The van der Waals surface area contributed by atoms with E-state index in [1.165, 1.54) is 7.11 Å². The fourth-order valence-corrected chi connectivity index (χ4v) is 3.59. The van der Waals surface area contributed by atoms with Gasteiger partial charge in [0.05, 0.1) is 7.11 Å². The topological polar surface area (TPSA) is 105 Å². The molecule has 2 N–H and O–H groups in total. The molecule has 0 unspecified atom stereocenters. The molecule has 1 aliphatic heterocycles. The van der Waals surface area contributed by atoms with E-state index < -0.39 is 41.9 Å². The van der Waals surface area contributed by atoms with Crippen LogP contribution in [0, 0.1) is 5.92 Å². The summed E-state index contributed by atoms with van der Waals surface area (Å²) in [5.74, 6) is -1.48. The number of rotatable bonds is 9. The van der Waals surface area contributed by atoms with Gasteiger partial charge in [-0.25, -0.2) is 9.59 Å². The lowest BCUT2D eigenvalue weighted by atomic mass is 9.85. The highest BCUT2D eigenvalue weighted by molar-refractivity contribution is 6.09. The average molecular weight is 403 g/mol. The third kappa shape index (κ3) is 4.93. The summed E-state index contributed by atoms with van der Waals surface area (Å²) in [7, 11) is 1.25. The summed E-state index contributed by atoms with van der Waals surface area (Å²) in [6.07, 6.45) is 1.47. The van der Waals surface area contributed by atoms with Crippen molar-refractivity contribution in [3.63, 3.8) is 0 Å². The zero-order valence-electron chi connectivity index (χ0n) is 17.4. The van der Waals surface area contributed by atoms with E-state index in [2.05, 4.69) is 10.6 Å². The van der Waals surface area contributed by atoms with Crippen LogP contribution in [0.25, 0.3) is 0 Å². The number of amides is 4. The molecule has 8 heteroatoms. The number of ether oxygens (including phenoxy) is 1. The number of hydrogen-bond donors (Lipinski definition) is 2. The first-order valence-corrected chi connectivity index (χ1v) is 9.82. The number of hydrogen-bond acceptors (Lipinski definition) is 5. The van der Waals surface area contributed by atoms with Gasteiger partial charge >= 0.3 is 12.0 Å². The highest BCUT2D eigenvalue weighted by Crippen LogP contribution is 2.33. The summed E-state index contributed by atoms with van der Waals surface area (Å²) in [4.78, 5) is 51.1. The van der Waals surface area contributed by atoms with Gasteiger partial charge in [0.25, 0.3) is 5.91 Å². The first-order chi connectivity index (χ1) is 13.7. The number of nitrogens with zero attached hydrogens (tertiary/aromatic N) is 1. The highest BCUT2D eigenvalue weighted by atomic mass is 16.5. The molecule has 29 heavy (non-hydrogen) atoms. The fourth-order valence-electron chi connectivity index (χ4n) is 3.59. The average Bonchev–Trinajstić information content (AvgIpc) is 2.92. The van der Waals surface area contributed by atoms with E-state index in [1.807, 2.05) is 26.8 Å². The second-order valence-corrected chi connectivity index (χ2v) is 7.62. The Balaban J connectivity index is 2.18. The maximum absolute atomic E-state index is 13.2. The van der Waals surface area contributed by atoms with Gasteiger partial charge in [-0.3, -0.25) is 14.5 Å². The van der Waals surface area contributed by atoms with Crippen molar-refractivity contribution in [3.05, 3.63) is 35.9 Å². The molecule has 1 aliphatic rings. The highest BCUT2D eigenvalue weighted by Gasteiger charge is 2.52. The Hall–Kier alpha value is -2.90. The van der Waals surface area contributed by atoms with Gasteiger partial charge in [-0.1, -0.05) is 57.5 Å². The largest absolute Gasteiger partial charge is 0.467 e. The first kappa shape index (κ1) is 22.4. The van der Waals surface area contributed by atoms with Gasteiger partial charge in [0.15, 0.2) is 0 Å². The lowest BCUT2D eigenvalue weighted by molar-refractivity contribution is -0.145. The van der Waals surface area contributed by atoms with Crippen molar-refractivity contribution < 1.29 is 23.9 Å². The summed E-state index contributed by atoms with van der Waals surface area (Å²) < 4.78 is 4.74. The van der Waals surface area contributed by atoms with Gasteiger partial charge in [0.2, 0.25) is 5.91 Å². The van der Waals surface area contributed by atoms with Gasteiger partial charge in [-0.05, 0) is 24.3 Å². The second kappa shape index (κ2) is 9.54. The Kier molecular flexibility index (Phi) is 7.36. The summed E-state index contributed by atoms with van der Waals surface area (Å²) in [5, 5.41) is 5.35. The van der Waals surface area contributed by atoms with Gasteiger partial charge in [-0.15, -0.1) is 0 Å². The maximum Gasteiger partial charge on any atom is 0.328 e. The van der Waals surface area contributed by atoms with Gasteiger partial charge in [0.1, 0.15) is 18.1 Å². The number of nitrogens with one attached hydrogen (secondary N) is 2. The van der Waals surface area contributed by atoms with Gasteiger partial charge in [-0.2, -0.15) is 0 Å². The van der Waals surface area contributed by atoms with Crippen LogP contribution >= 0.6 is 0 Å². The van der Waals surface area contributed by atoms with Crippen molar-refractivity contribution in [1.82, 2.24) is 15.5 Å². The van der Waals surface area contributed by atoms with E-state index in [9.17, 15) is 19.2 Å². The second-order valence-electron chi connectivity index (χ2n) is 7.62. The molecule has 2 rings (SSSR count). The molecular weight excluding hydrogens is 374 g/mol. The molecule has 158 valence electrons. The minimum absolute atomic E-state index is 0.145. The molecule has 1 saturated heterocycles. The normalized spacial score (nSPS) is 19.8. The Morgan fingerprint density at radius 2 is 1.86 bits per heavy atom. The van der Waals surface area contributed by atoms with Gasteiger partial charge < -0.3 is 15.4 Å². The fraction of sp³-hybridized carbons (Fsp3) is 0.524. The molecule has 1 aromatic carbocycles. The minimum atomic E-state index is -1.19. The lowest BCUT2D eigenvalue weighted by Crippen LogP contribution is -2.48. The molecule has 1 heterocycles. The van der Waals surface area contributed by atoms with Crippen molar-refractivity contribution in [1.29, 1.82) is 0 Å². The number of methoxy groups -OCH3 is 1. The number of carbonyl (C=O) groups is 4. The van der Waals surface area contributed by atoms with Crippen LogP contribution < -0.4 is 10.6 Å². The molecular formula is C21H29N3O5. The zero-order chi connectivity index (χ0) is 21.6. The molecule has 1 fully saturated rings. The summed E-state index contributed by atoms with van der Waals surface area (Å²) in [6, 6.07) is 7.55. The SMILES string of the molecule is CCC[C@@]1(c2ccccc2)NC(=O)N(CC(=O)N[C@H](CC(C)C)C(=O)OC)C1=O. The molecule has 0 aromatic heterocycles. The quantitative estimate of drug-likeness (QED) is 0.484. The standard InChI is InChI=1S/C21H29N3O5/c1-5-11-21(15-9-7-6-8-10-15)19(27)24(20(28)23-21)13-17(25)22-16(12-14(2)3)18(26)29-4/h6-10,14,16H,5,11-13H2,1-4H3,(H,22,25)(H,23,28)/t16-,21+/m1/s1.